The van der Waals surface area contributed by atoms with Gasteiger partial charge in [-0.15, -0.1) is 0 Å². The van der Waals surface area contributed by atoms with Crippen molar-refractivity contribution >= 4 is 15.9 Å². The molecule has 10 heteroatoms. The molecule has 5 nitrogen and oxygen atoms in total. The van der Waals surface area contributed by atoms with Crippen molar-refractivity contribution < 1.29 is 30.8 Å². The van der Waals surface area contributed by atoms with Crippen LogP contribution < -0.4 is 4.72 Å². The first-order valence-corrected chi connectivity index (χ1v) is 13.2. The van der Waals surface area contributed by atoms with E-state index in [-0.39, 0.29) is 37.3 Å². The van der Waals surface area contributed by atoms with E-state index in [4.69, 9.17) is 0 Å². The summed E-state index contributed by atoms with van der Waals surface area (Å²) in [6.45, 7) is 0.181. The molecule has 188 valence electrons. The molecule has 0 radical (unpaired) electrons. The van der Waals surface area contributed by atoms with E-state index in [1.165, 1.54) is 4.90 Å². The summed E-state index contributed by atoms with van der Waals surface area (Å²) in [5, 5.41) is 0. The van der Waals surface area contributed by atoms with Crippen LogP contribution in [-0.4, -0.2) is 49.8 Å². The second kappa shape index (κ2) is 8.89. The van der Waals surface area contributed by atoms with Gasteiger partial charge in [0.2, 0.25) is 5.91 Å². The van der Waals surface area contributed by atoms with Crippen molar-refractivity contribution in [2.75, 3.05) is 6.54 Å². The van der Waals surface area contributed by atoms with Gasteiger partial charge in [-0.2, -0.15) is 8.78 Å². The number of rotatable bonds is 7. The van der Waals surface area contributed by atoms with E-state index in [2.05, 4.69) is 4.72 Å². The van der Waals surface area contributed by atoms with E-state index < -0.39 is 51.2 Å². The van der Waals surface area contributed by atoms with Crippen molar-refractivity contribution in [3.8, 4) is 11.1 Å². The number of halogens is 4. The summed E-state index contributed by atoms with van der Waals surface area (Å²) in [5.74, 6) is -4.99. The maximum Gasteiger partial charge on any atom is 0.350 e. The molecular weight excluding hydrogens is 484 g/mol. The lowest BCUT2D eigenvalue weighted by Gasteiger charge is -2.36. The summed E-state index contributed by atoms with van der Waals surface area (Å²) in [6.07, 6.45) is 0.176. The van der Waals surface area contributed by atoms with Crippen LogP contribution in [0.5, 0.6) is 0 Å². The number of carbonyl (C=O) groups is 1. The van der Waals surface area contributed by atoms with Crippen LogP contribution in [0.1, 0.15) is 31.2 Å². The largest absolute Gasteiger partial charge is 0.350 e. The Morgan fingerprint density at radius 3 is 2.37 bits per heavy atom. The summed E-state index contributed by atoms with van der Waals surface area (Å²) in [5.41, 5.74) is 0.590. The van der Waals surface area contributed by atoms with Crippen molar-refractivity contribution in [3.63, 3.8) is 0 Å². The van der Waals surface area contributed by atoms with Crippen LogP contribution in [0.15, 0.2) is 48.5 Å². The van der Waals surface area contributed by atoms with Crippen molar-refractivity contribution in [2.24, 2.45) is 11.3 Å². The van der Waals surface area contributed by atoms with Gasteiger partial charge in [0.25, 0.3) is 10.0 Å². The van der Waals surface area contributed by atoms with Gasteiger partial charge < -0.3 is 4.90 Å². The molecule has 2 aliphatic carbocycles. The average molecular weight is 511 g/mol. The van der Waals surface area contributed by atoms with Crippen LogP contribution in [0, 0.1) is 17.2 Å². The highest BCUT2D eigenvalue weighted by atomic mass is 32.2. The first kappa shape index (κ1) is 24.2. The predicted molar refractivity (Wildman–Crippen MR) is 122 cm³/mol. The summed E-state index contributed by atoms with van der Waals surface area (Å²) >= 11 is 0. The lowest BCUT2D eigenvalue weighted by atomic mass is 9.82. The number of amides is 1. The zero-order valence-corrected chi connectivity index (χ0v) is 19.7. The highest BCUT2D eigenvalue weighted by Gasteiger charge is 2.62. The summed E-state index contributed by atoms with van der Waals surface area (Å²) in [4.78, 5) is 14.7. The zero-order chi connectivity index (χ0) is 25.0. The summed E-state index contributed by atoms with van der Waals surface area (Å²) in [6, 6.07) is 11.9. The first-order valence-electron chi connectivity index (χ1n) is 11.7. The highest BCUT2D eigenvalue weighted by Crippen LogP contribution is 2.56. The second-order valence-electron chi connectivity index (χ2n) is 9.91. The topological polar surface area (TPSA) is 66.5 Å². The number of benzene rings is 2. The van der Waals surface area contributed by atoms with E-state index in [0.29, 0.717) is 24.0 Å². The standard InChI is InChI=1S/C25H26F4N2O3S/c26-18-11-17(12-18)23(32)31-14-25(9-10-25)22(30-35(33,34)24(28)29)20(31)13-16-7-4-8-19(21(16)27)15-5-2-1-3-6-15/h1-8,17-18,20,22,24,30H,9-14H2/t17-,18-,20-,22+/m0/s1. The van der Waals surface area contributed by atoms with Gasteiger partial charge in [-0.05, 0) is 43.2 Å². The third-order valence-corrected chi connectivity index (χ3v) is 8.71. The van der Waals surface area contributed by atoms with Gasteiger partial charge in [0.05, 0.1) is 6.04 Å². The lowest BCUT2D eigenvalue weighted by Crippen LogP contribution is -2.52. The van der Waals surface area contributed by atoms with Crippen molar-refractivity contribution in [1.29, 1.82) is 0 Å². The number of hydrogen-bond acceptors (Lipinski definition) is 3. The number of sulfonamides is 1. The third-order valence-electron chi connectivity index (χ3n) is 7.65. The van der Waals surface area contributed by atoms with E-state index >= 15 is 4.39 Å². The monoisotopic (exact) mass is 510 g/mol. The van der Waals surface area contributed by atoms with Gasteiger partial charge in [0.1, 0.15) is 12.0 Å². The molecule has 2 aromatic carbocycles. The third kappa shape index (κ3) is 4.46. The molecule has 1 N–H and O–H groups in total. The molecule has 1 saturated heterocycles. The number of hydrogen-bond donors (Lipinski definition) is 1. The predicted octanol–water partition coefficient (Wildman–Crippen LogP) is 4.28. The molecular formula is C25H26F4N2O3S. The van der Waals surface area contributed by atoms with Crippen LogP contribution in [0.25, 0.3) is 11.1 Å². The molecule has 1 amide bonds. The summed E-state index contributed by atoms with van der Waals surface area (Å²) in [7, 11) is -4.94. The molecule has 2 aromatic rings. The first-order chi connectivity index (χ1) is 16.6. The number of nitrogens with zero attached hydrogens (tertiary/aromatic N) is 1. The molecule has 1 spiro atoms. The van der Waals surface area contributed by atoms with Gasteiger partial charge >= 0.3 is 5.76 Å². The number of alkyl halides is 3. The van der Waals surface area contributed by atoms with Crippen LogP contribution in [0.2, 0.25) is 0 Å². The minimum absolute atomic E-state index is 0.0534. The fraction of sp³-hybridized carbons (Fsp3) is 0.480. The Morgan fingerprint density at radius 2 is 1.77 bits per heavy atom. The van der Waals surface area contributed by atoms with Crippen LogP contribution in [0.4, 0.5) is 17.6 Å². The molecule has 2 saturated carbocycles. The van der Waals surface area contributed by atoms with Gasteiger partial charge in [0.15, 0.2) is 0 Å². The highest BCUT2D eigenvalue weighted by molar-refractivity contribution is 7.89. The molecule has 1 aliphatic heterocycles. The second-order valence-corrected chi connectivity index (χ2v) is 11.6. The Kier molecular flexibility index (Phi) is 6.15. The van der Waals surface area contributed by atoms with Crippen molar-refractivity contribution in [3.05, 3.63) is 59.9 Å². The Morgan fingerprint density at radius 1 is 1.09 bits per heavy atom. The normalized spacial score (nSPS) is 27.3. The Balaban J connectivity index is 1.50. The van der Waals surface area contributed by atoms with E-state index in [9.17, 15) is 26.4 Å². The Labute approximate surface area is 201 Å². The van der Waals surface area contributed by atoms with Gasteiger partial charge in [0, 0.05) is 29.5 Å². The molecule has 1 heterocycles. The van der Waals surface area contributed by atoms with E-state index in [1.54, 1.807) is 42.5 Å². The quantitative estimate of drug-likeness (QED) is 0.566. The minimum Gasteiger partial charge on any atom is -0.337 e. The van der Waals surface area contributed by atoms with E-state index in [0.717, 1.165) is 0 Å². The van der Waals surface area contributed by atoms with Crippen LogP contribution in [-0.2, 0) is 21.2 Å². The molecule has 35 heavy (non-hydrogen) atoms. The van der Waals surface area contributed by atoms with Gasteiger partial charge in [-0.25, -0.2) is 21.9 Å². The van der Waals surface area contributed by atoms with Gasteiger partial charge in [-0.3, -0.25) is 4.79 Å². The van der Waals surface area contributed by atoms with Crippen LogP contribution >= 0.6 is 0 Å². The number of carbonyl (C=O) groups excluding carboxylic acids is 1. The molecule has 0 aromatic heterocycles. The smallest absolute Gasteiger partial charge is 0.337 e. The van der Waals surface area contributed by atoms with Crippen molar-refractivity contribution in [2.45, 2.75) is 56.1 Å². The molecule has 0 unspecified atom stereocenters. The SMILES string of the molecule is O=C([C@H]1C[C@H](F)C1)N1CC2(CC2)[C@H](NS(=O)(=O)C(F)F)[C@@H]1Cc1cccc(-c2ccccc2)c1F. The van der Waals surface area contributed by atoms with Crippen molar-refractivity contribution in [1.82, 2.24) is 9.62 Å². The maximum absolute atomic E-state index is 15.6. The fourth-order valence-electron chi connectivity index (χ4n) is 5.46. The lowest BCUT2D eigenvalue weighted by molar-refractivity contribution is -0.141. The number of nitrogens with one attached hydrogen (secondary N) is 1. The maximum atomic E-state index is 15.6. The molecule has 0 bridgehead atoms. The summed E-state index contributed by atoms with van der Waals surface area (Å²) < 4.78 is 82.0. The zero-order valence-electron chi connectivity index (χ0n) is 18.8. The molecule has 3 fully saturated rings. The molecule has 2 atom stereocenters. The molecule has 5 rings (SSSR count). The molecule has 3 aliphatic rings. The minimum atomic E-state index is -4.94. The average Bonchev–Trinajstić information content (AvgIpc) is 3.53. The fourth-order valence-corrected chi connectivity index (χ4v) is 6.33. The van der Waals surface area contributed by atoms with Gasteiger partial charge in [-0.1, -0.05) is 48.5 Å². The number of likely N-dealkylation sites (tertiary alicyclic amines) is 1. The Hall–Kier alpha value is -2.46. The van der Waals surface area contributed by atoms with E-state index in [1.807, 2.05) is 6.07 Å². The van der Waals surface area contributed by atoms with Crippen LogP contribution in [0.3, 0.4) is 0 Å². The Bertz CT molecular complexity index is 1210.